The van der Waals surface area contributed by atoms with Crippen LogP contribution < -0.4 is 0 Å². The molecule has 0 aromatic heterocycles. The van der Waals surface area contributed by atoms with Crippen molar-refractivity contribution in [1.29, 1.82) is 0 Å². The van der Waals surface area contributed by atoms with E-state index in [9.17, 15) is 8.42 Å². The highest BCUT2D eigenvalue weighted by Crippen LogP contribution is 2.21. The van der Waals surface area contributed by atoms with Crippen LogP contribution in [0.3, 0.4) is 0 Å². The van der Waals surface area contributed by atoms with E-state index in [1.165, 1.54) is 6.42 Å². The topological polar surface area (TPSA) is 54.4 Å². The van der Waals surface area contributed by atoms with Crippen LogP contribution in [-0.4, -0.2) is 13.0 Å². The Morgan fingerprint density at radius 3 is 2.33 bits per heavy atom. The summed E-state index contributed by atoms with van der Waals surface area (Å²) in [5, 5.41) is 0.744. The van der Waals surface area contributed by atoms with Crippen LogP contribution in [0.1, 0.15) is 32.1 Å². The highest BCUT2D eigenvalue weighted by atomic mass is 32.2. The molecule has 0 unspecified atom stereocenters. The average Bonchev–Trinajstić information content (AvgIpc) is 2.02. The molecular weight excluding hydrogens is 176 g/mol. The second-order valence-electron chi connectivity index (χ2n) is 2.94. The van der Waals surface area contributed by atoms with E-state index >= 15 is 0 Å². The Balaban J connectivity index is 2.73. The van der Waals surface area contributed by atoms with Crippen LogP contribution in [-0.2, 0) is 10.1 Å². The van der Waals surface area contributed by atoms with Crippen molar-refractivity contribution in [2.75, 3.05) is 0 Å². The van der Waals surface area contributed by atoms with E-state index in [1.807, 2.05) is 0 Å². The van der Waals surface area contributed by atoms with E-state index in [0.29, 0.717) is 0 Å². The van der Waals surface area contributed by atoms with Gasteiger partial charge < -0.3 is 0 Å². The molecule has 1 saturated carbocycles. The van der Waals surface area contributed by atoms with Gasteiger partial charge in [-0.25, -0.2) is 0 Å². The van der Waals surface area contributed by atoms with Gasteiger partial charge >= 0.3 is 0 Å². The van der Waals surface area contributed by atoms with Gasteiger partial charge in [0.15, 0.2) is 0 Å². The Morgan fingerprint density at radius 2 is 1.83 bits per heavy atom. The summed E-state index contributed by atoms with van der Waals surface area (Å²) in [4.78, 5) is 0. The Labute approximate surface area is 72.5 Å². The zero-order chi connectivity index (χ0) is 9.03. The lowest BCUT2D eigenvalue weighted by Gasteiger charge is -2.09. The van der Waals surface area contributed by atoms with Crippen LogP contribution in [0.15, 0.2) is 16.7 Å². The first-order chi connectivity index (χ1) is 5.58. The third kappa shape index (κ3) is 3.72. The Kier molecular flexibility index (Phi) is 3.09. The summed E-state index contributed by atoms with van der Waals surface area (Å²) in [7, 11) is -3.98. The molecule has 1 rings (SSSR count). The second-order valence-corrected chi connectivity index (χ2v) is 4.21. The van der Waals surface area contributed by atoms with Crippen molar-refractivity contribution in [2.24, 2.45) is 0 Å². The zero-order valence-electron chi connectivity index (χ0n) is 6.78. The van der Waals surface area contributed by atoms with Crippen LogP contribution in [0.2, 0.25) is 0 Å². The molecule has 3 nitrogen and oxygen atoms in total. The monoisotopic (exact) mass is 188 g/mol. The van der Waals surface area contributed by atoms with Crippen LogP contribution in [0.5, 0.6) is 0 Å². The number of allylic oxidation sites excluding steroid dienone is 1. The zero-order valence-corrected chi connectivity index (χ0v) is 7.60. The molecule has 4 heteroatoms. The van der Waals surface area contributed by atoms with Crippen molar-refractivity contribution < 1.29 is 13.0 Å². The highest BCUT2D eigenvalue weighted by Gasteiger charge is 2.04. The van der Waals surface area contributed by atoms with Crippen molar-refractivity contribution in [3.8, 4) is 0 Å². The second kappa shape index (κ2) is 3.90. The largest absolute Gasteiger partial charge is 0.294 e. The summed E-state index contributed by atoms with van der Waals surface area (Å²) < 4.78 is 29.0. The average molecular weight is 188 g/mol. The minimum Gasteiger partial charge on any atom is -0.282 e. The first kappa shape index (κ1) is 9.52. The maximum absolute atomic E-state index is 10.3. The van der Waals surface area contributed by atoms with Gasteiger partial charge in [-0.1, -0.05) is 6.42 Å². The molecule has 0 spiro atoms. The normalized spacial score (nSPS) is 18.6. The van der Waals surface area contributed by atoms with Crippen LogP contribution in [0.4, 0.5) is 0 Å². The van der Waals surface area contributed by atoms with Crippen molar-refractivity contribution >= 4 is 10.1 Å². The van der Waals surface area contributed by atoms with Gasteiger partial charge in [0.05, 0.1) is 5.41 Å². The molecule has 1 aliphatic carbocycles. The number of rotatable bonds is 1. The number of hydrogen-bond acceptors (Lipinski definition) is 2. The summed E-state index contributed by atoms with van der Waals surface area (Å²) in [5.41, 5.74) is 3.61. The molecule has 0 amide bonds. The summed E-state index contributed by atoms with van der Waals surface area (Å²) in [6.07, 6.45) is 5.22. The van der Waals surface area contributed by atoms with Crippen molar-refractivity contribution in [3.63, 3.8) is 0 Å². The van der Waals surface area contributed by atoms with Gasteiger partial charge in [-0.2, -0.15) is 8.42 Å². The van der Waals surface area contributed by atoms with E-state index in [1.54, 1.807) is 0 Å². The van der Waals surface area contributed by atoms with Gasteiger partial charge in [0.25, 0.3) is 10.1 Å². The van der Waals surface area contributed by atoms with Gasteiger partial charge in [-0.05, 0) is 31.3 Å². The molecule has 12 heavy (non-hydrogen) atoms. The summed E-state index contributed by atoms with van der Waals surface area (Å²) >= 11 is 0. The lowest BCUT2D eigenvalue weighted by atomic mass is 9.96. The third-order valence-electron chi connectivity index (χ3n) is 1.87. The van der Waals surface area contributed by atoms with Gasteiger partial charge in [0.2, 0.25) is 0 Å². The van der Waals surface area contributed by atoms with Gasteiger partial charge in [0, 0.05) is 0 Å². The van der Waals surface area contributed by atoms with E-state index in [0.717, 1.165) is 36.7 Å². The molecule has 68 valence electrons. The Morgan fingerprint density at radius 1 is 1.25 bits per heavy atom. The maximum Gasteiger partial charge on any atom is 0.294 e. The fourth-order valence-corrected chi connectivity index (χ4v) is 1.60. The minimum absolute atomic E-state index is 0.744. The minimum atomic E-state index is -3.98. The summed E-state index contributed by atoms with van der Waals surface area (Å²) in [6, 6.07) is 0. The molecular formula is C8H12O3S. The molecule has 0 aliphatic heterocycles. The molecule has 0 saturated heterocycles. The SMILES string of the molecule is O=S(=O)(O)C=C=C1CCCCC1. The van der Waals surface area contributed by atoms with E-state index in [4.69, 9.17) is 4.55 Å². The fourth-order valence-electron chi connectivity index (χ4n) is 1.28. The molecule has 0 heterocycles. The van der Waals surface area contributed by atoms with Gasteiger partial charge in [0.1, 0.15) is 0 Å². The highest BCUT2D eigenvalue weighted by molar-refractivity contribution is 7.88. The molecule has 1 aliphatic rings. The van der Waals surface area contributed by atoms with E-state index in [-0.39, 0.29) is 0 Å². The van der Waals surface area contributed by atoms with Gasteiger partial charge in [-0.15, -0.1) is 5.73 Å². The fraction of sp³-hybridized carbons (Fsp3) is 0.625. The van der Waals surface area contributed by atoms with Crippen LogP contribution in [0.25, 0.3) is 0 Å². The number of hydrogen-bond donors (Lipinski definition) is 1. The first-order valence-electron chi connectivity index (χ1n) is 4.00. The molecule has 0 aromatic rings. The maximum atomic E-state index is 10.3. The summed E-state index contributed by atoms with van der Waals surface area (Å²) in [5.74, 6) is 0. The molecule has 0 bridgehead atoms. The van der Waals surface area contributed by atoms with Crippen LogP contribution in [0, 0.1) is 0 Å². The predicted octanol–water partition coefficient (Wildman–Crippen LogP) is 1.88. The van der Waals surface area contributed by atoms with Crippen molar-refractivity contribution in [1.82, 2.24) is 0 Å². The third-order valence-corrected chi connectivity index (χ3v) is 2.28. The Hall–Kier alpha value is -0.570. The van der Waals surface area contributed by atoms with Crippen LogP contribution >= 0.6 is 0 Å². The Bertz CT molecular complexity index is 299. The quantitative estimate of drug-likeness (QED) is 0.505. The molecule has 1 N–H and O–H groups in total. The van der Waals surface area contributed by atoms with E-state index < -0.39 is 10.1 Å². The molecule has 0 aromatic carbocycles. The van der Waals surface area contributed by atoms with Crippen molar-refractivity contribution in [3.05, 3.63) is 16.7 Å². The lowest BCUT2D eigenvalue weighted by molar-refractivity contribution is 0.494. The van der Waals surface area contributed by atoms with E-state index in [2.05, 4.69) is 5.73 Å². The molecule has 0 atom stereocenters. The molecule has 0 radical (unpaired) electrons. The lowest BCUT2D eigenvalue weighted by Crippen LogP contribution is -1.93. The smallest absolute Gasteiger partial charge is 0.282 e. The predicted molar refractivity (Wildman–Crippen MR) is 46.2 cm³/mol. The summed E-state index contributed by atoms with van der Waals surface area (Å²) in [6.45, 7) is 0. The standard InChI is InChI=1S/C8H12O3S/c9-12(10,11)7-6-8-4-2-1-3-5-8/h7H,1-5H2,(H,9,10,11). The van der Waals surface area contributed by atoms with Gasteiger partial charge in [-0.3, -0.25) is 4.55 Å². The first-order valence-corrected chi connectivity index (χ1v) is 5.50. The van der Waals surface area contributed by atoms with Crippen molar-refractivity contribution in [2.45, 2.75) is 32.1 Å². The molecule has 1 fully saturated rings.